The fourth-order valence-electron chi connectivity index (χ4n) is 3.49. The quantitative estimate of drug-likeness (QED) is 0.875. The van der Waals surface area contributed by atoms with E-state index in [1.165, 1.54) is 12.8 Å². The predicted molar refractivity (Wildman–Crippen MR) is 84.3 cm³/mol. The summed E-state index contributed by atoms with van der Waals surface area (Å²) in [7, 11) is 7.30. The summed E-state index contributed by atoms with van der Waals surface area (Å²) in [5.41, 5.74) is 0.996. The Kier molecular flexibility index (Phi) is 5.12. The summed E-state index contributed by atoms with van der Waals surface area (Å²) in [6, 6.07) is 6.05. The maximum Gasteiger partial charge on any atom is 0.161 e. The van der Waals surface area contributed by atoms with E-state index >= 15 is 0 Å². The van der Waals surface area contributed by atoms with E-state index < -0.39 is 0 Å². The van der Waals surface area contributed by atoms with Crippen molar-refractivity contribution < 1.29 is 14.6 Å². The Morgan fingerprint density at radius 1 is 1.14 bits per heavy atom. The number of aliphatic hydroxyl groups is 1. The summed E-state index contributed by atoms with van der Waals surface area (Å²) in [6.45, 7) is 0.675. The van der Waals surface area contributed by atoms with E-state index in [0.29, 0.717) is 6.54 Å². The maximum absolute atomic E-state index is 10.8. The van der Waals surface area contributed by atoms with Crippen LogP contribution in [0.1, 0.15) is 31.2 Å². The summed E-state index contributed by atoms with van der Waals surface area (Å²) in [5, 5.41) is 10.8. The smallest absolute Gasteiger partial charge is 0.161 e. The van der Waals surface area contributed by atoms with Gasteiger partial charge in [0.2, 0.25) is 0 Å². The number of benzene rings is 1. The molecule has 0 saturated heterocycles. The van der Waals surface area contributed by atoms with Crippen LogP contribution >= 0.6 is 0 Å². The zero-order valence-electron chi connectivity index (χ0n) is 13.6. The van der Waals surface area contributed by atoms with Crippen LogP contribution in [-0.4, -0.2) is 51.0 Å². The minimum atomic E-state index is -0.367. The first-order chi connectivity index (χ1) is 10.0. The number of likely N-dealkylation sites (N-methyl/N-ethyl adjacent to an activating group) is 1. The minimum absolute atomic E-state index is 0.163. The number of hydrogen-bond acceptors (Lipinski definition) is 4. The van der Waals surface area contributed by atoms with Crippen molar-refractivity contribution >= 4 is 0 Å². The van der Waals surface area contributed by atoms with Crippen LogP contribution in [0, 0.1) is 0 Å². The van der Waals surface area contributed by atoms with Crippen LogP contribution in [0.15, 0.2) is 18.2 Å². The number of methoxy groups -OCH3 is 2. The van der Waals surface area contributed by atoms with Gasteiger partial charge in [-0.15, -0.1) is 0 Å². The highest BCUT2D eigenvalue weighted by Gasteiger charge is 2.42. The van der Waals surface area contributed by atoms with Crippen molar-refractivity contribution in [3.8, 4) is 11.5 Å². The molecule has 0 aliphatic heterocycles. The van der Waals surface area contributed by atoms with Gasteiger partial charge in [-0.05, 0) is 44.6 Å². The Morgan fingerprint density at radius 3 is 2.29 bits per heavy atom. The molecule has 1 aromatic carbocycles. The lowest BCUT2D eigenvalue weighted by Crippen LogP contribution is -2.43. The Morgan fingerprint density at radius 2 is 1.76 bits per heavy atom. The molecule has 21 heavy (non-hydrogen) atoms. The topological polar surface area (TPSA) is 41.9 Å². The van der Waals surface area contributed by atoms with Gasteiger partial charge in [0.05, 0.1) is 20.3 Å². The monoisotopic (exact) mass is 293 g/mol. The Hall–Kier alpha value is -1.26. The van der Waals surface area contributed by atoms with Crippen molar-refractivity contribution in [2.24, 2.45) is 0 Å². The highest BCUT2D eigenvalue weighted by Crippen LogP contribution is 2.46. The van der Waals surface area contributed by atoms with Gasteiger partial charge in [-0.2, -0.15) is 0 Å². The first kappa shape index (κ1) is 16.1. The van der Waals surface area contributed by atoms with Crippen LogP contribution in [0.25, 0.3) is 0 Å². The van der Waals surface area contributed by atoms with Crippen molar-refractivity contribution in [1.82, 2.24) is 4.90 Å². The number of hydrogen-bond donors (Lipinski definition) is 1. The van der Waals surface area contributed by atoms with E-state index in [1.54, 1.807) is 14.2 Å². The summed E-state index contributed by atoms with van der Waals surface area (Å²) in [4.78, 5) is 2.05. The fourth-order valence-corrected chi connectivity index (χ4v) is 3.49. The number of nitrogens with zero attached hydrogens (tertiary/aromatic N) is 1. The van der Waals surface area contributed by atoms with Gasteiger partial charge in [-0.1, -0.05) is 18.9 Å². The van der Waals surface area contributed by atoms with Gasteiger partial charge in [-0.25, -0.2) is 0 Å². The molecule has 0 spiro atoms. The van der Waals surface area contributed by atoms with Gasteiger partial charge >= 0.3 is 0 Å². The SMILES string of the molecule is COc1ccc(C2(C(O)CN(C)C)CCCC2)cc1OC. The summed E-state index contributed by atoms with van der Waals surface area (Å²) >= 11 is 0. The molecule has 0 heterocycles. The molecule has 1 fully saturated rings. The van der Waals surface area contributed by atoms with Crippen LogP contribution in [-0.2, 0) is 5.41 Å². The normalized spacial score (nSPS) is 18.8. The molecule has 1 aliphatic carbocycles. The van der Waals surface area contributed by atoms with E-state index in [1.807, 2.05) is 31.1 Å². The number of aliphatic hydroxyl groups excluding tert-OH is 1. The molecule has 1 aromatic rings. The largest absolute Gasteiger partial charge is 0.493 e. The lowest BCUT2D eigenvalue weighted by molar-refractivity contribution is 0.0578. The second kappa shape index (κ2) is 6.67. The number of rotatable bonds is 6. The van der Waals surface area contributed by atoms with Crippen molar-refractivity contribution in [2.45, 2.75) is 37.2 Å². The Labute approximate surface area is 127 Å². The molecule has 1 atom stereocenters. The fraction of sp³-hybridized carbons (Fsp3) is 0.647. The molecule has 0 amide bonds. The van der Waals surface area contributed by atoms with Crippen LogP contribution in [0.5, 0.6) is 11.5 Å². The first-order valence-corrected chi connectivity index (χ1v) is 7.59. The lowest BCUT2D eigenvalue weighted by Gasteiger charge is -2.36. The standard InChI is InChI=1S/C17H27NO3/c1-18(2)12-16(19)17(9-5-6-10-17)13-7-8-14(20-3)15(11-13)21-4/h7-8,11,16,19H,5-6,9-10,12H2,1-4H3. The third-order valence-corrected chi connectivity index (χ3v) is 4.63. The zero-order chi connectivity index (χ0) is 15.5. The summed E-state index contributed by atoms with van der Waals surface area (Å²) in [6.07, 6.45) is 4.01. The van der Waals surface area contributed by atoms with Crippen LogP contribution in [0.4, 0.5) is 0 Å². The molecule has 1 aliphatic rings. The van der Waals surface area contributed by atoms with Crippen molar-refractivity contribution in [3.05, 3.63) is 23.8 Å². The molecule has 2 rings (SSSR count). The second-order valence-corrected chi connectivity index (χ2v) is 6.21. The molecule has 4 nitrogen and oxygen atoms in total. The van der Waals surface area contributed by atoms with Crippen molar-refractivity contribution in [3.63, 3.8) is 0 Å². The summed E-state index contributed by atoms with van der Waals surface area (Å²) < 4.78 is 10.7. The third-order valence-electron chi connectivity index (χ3n) is 4.63. The average Bonchev–Trinajstić information content (AvgIpc) is 2.96. The molecule has 1 N–H and O–H groups in total. The van der Waals surface area contributed by atoms with Gasteiger partial charge < -0.3 is 19.5 Å². The Bertz CT molecular complexity index is 467. The van der Waals surface area contributed by atoms with Gasteiger partial charge in [0.25, 0.3) is 0 Å². The molecule has 0 bridgehead atoms. The van der Waals surface area contributed by atoms with Crippen LogP contribution < -0.4 is 9.47 Å². The van der Waals surface area contributed by atoms with E-state index in [9.17, 15) is 5.11 Å². The molecule has 1 saturated carbocycles. The van der Waals surface area contributed by atoms with E-state index in [0.717, 1.165) is 29.9 Å². The van der Waals surface area contributed by atoms with E-state index in [4.69, 9.17) is 9.47 Å². The van der Waals surface area contributed by atoms with Gasteiger partial charge in [0, 0.05) is 12.0 Å². The first-order valence-electron chi connectivity index (χ1n) is 7.59. The van der Waals surface area contributed by atoms with Crippen molar-refractivity contribution in [1.29, 1.82) is 0 Å². The number of ether oxygens (including phenoxy) is 2. The van der Waals surface area contributed by atoms with Crippen molar-refractivity contribution in [2.75, 3.05) is 34.9 Å². The highest BCUT2D eigenvalue weighted by atomic mass is 16.5. The van der Waals surface area contributed by atoms with E-state index in [2.05, 4.69) is 6.07 Å². The lowest BCUT2D eigenvalue weighted by atomic mass is 9.74. The molecular weight excluding hydrogens is 266 g/mol. The molecule has 0 radical (unpaired) electrons. The molecule has 1 unspecified atom stereocenters. The van der Waals surface area contributed by atoms with Gasteiger partial charge in [0.1, 0.15) is 0 Å². The maximum atomic E-state index is 10.8. The van der Waals surface area contributed by atoms with Gasteiger partial charge in [-0.3, -0.25) is 0 Å². The average molecular weight is 293 g/mol. The van der Waals surface area contributed by atoms with Gasteiger partial charge in [0.15, 0.2) is 11.5 Å². The molecule has 118 valence electrons. The minimum Gasteiger partial charge on any atom is -0.493 e. The Balaban J connectivity index is 2.38. The second-order valence-electron chi connectivity index (χ2n) is 6.21. The highest BCUT2D eigenvalue weighted by molar-refractivity contribution is 5.46. The third kappa shape index (κ3) is 3.16. The molecule has 4 heteroatoms. The summed E-state index contributed by atoms with van der Waals surface area (Å²) in [5.74, 6) is 1.47. The molecule has 0 aromatic heterocycles. The van der Waals surface area contributed by atoms with Crippen LogP contribution in [0.2, 0.25) is 0 Å². The zero-order valence-corrected chi connectivity index (χ0v) is 13.6. The van der Waals surface area contributed by atoms with Crippen LogP contribution in [0.3, 0.4) is 0 Å². The molecular formula is C17H27NO3. The predicted octanol–water partition coefficient (Wildman–Crippen LogP) is 2.44. The van der Waals surface area contributed by atoms with E-state index in [-0.39, 0.29) is 11.5 Å².